The van der Waals surface area contributed by atoms with E-state index in [0.717, 1.165) is 30.9 Å². The van der Waals surface area contributed by atoms with Crippen LogP contribution in [0.15, 0.2) is 34.3 Å². The Hall–Kier alpha value is -1.37. The zero-order chi connectivity index (χ0) is 15.3. The Morgan fingerprint density at radius 2 is 2.09 bits per heavy atom. The average Bonchev–Trinajstić information content (AvgIpc) is 3.25. The van der Waals surface area contributed by atoms with Crippen molar-refractivity contribution in [1.29, 1.82) is 0 Å². The lowest BCUT2D eigenvalue weighted by atomic mass is 9.75. The lowest BCUT2D eigenvalue weighted by Gasteiger charge is -2.37. The molecule has 0 spiro atoms. The van der Waals surface area contributed by atoms with E-state index >= 15 is 0 Å². The second-order valence-electron chi connectivity index (χ2n) is 5.52. The monoisotopic (exact) mass is 336 g/mol. The number of urea groups is 1. The molecule has 0 aromatic carbocycles. The number of carbonyl (C=O) groups is 1. The highest BCUT2D eigenvalue weighted by Crippen LogP contribution is 2.35. The van der Waals surface area contributed by atoms with Crippen LogP contribution in [0.3, 0.4) is 0 Å². The molecule has 3 heterocycles. The minimum atomic E-state index is -0.102. The molecule has 118 valence electrons. The summed E-state index contributed by atoms with van der Waals surface area (Å²) >= 11 is 3.36. The zero-order valence-electron chi connectivity index (χ0n) is 12.3. The summed E-state index contributed by atoms with van der Waals surface area (Å²) in [7, 11) is 0. The number of hydrogen-bond acceptors (Lipinski definition) is 4. The Bertz CT molecular complexity index is 575. The number of carbonyl (C=O) groups excluding carboxylic acids is 1. The summed E-state index contributed by atoms with van der Waals surface area (Å²) in [6, 6.07) is 6.08. The molecular formula is C16H20N2O2S2. The van der Waals surface area contributed by atoms with Gasteiger partial charge in [0.1, 0.15) is 0 Å². The molecule has 0 unspecified atom stereocenters. The third kappa shape index (κ3) is 3.69. The quantitative estimate of drug-likeness (QED) is 0.880. The summed E-state index contributed by atoms with van der Waals surface area (Å²) in [6.07, 6.45) is 1.91. The second-order valence-corrected chi connectivity index (χ2v) is 7.33. The molecule has 0 radical (unpaired) electrons. The predicted molar refractivity (Wildman–Crippen MR) is 90.6 cm³/mol. The van der Waals surface area contributed by atoms with Crippen LogP contribution in [0.25, 0.3) is 0 Å². The van der Waals surface area contributed by atoms with E-state index in [2.05, 4.69) is 27.5 Å². The van der Waals surface area contributed by atoms with Gasteiger partial charge in [0, 0.05) is 30.1 Å². The molecule has 1 fully saturated rings. The van der Waals surface area contributed by atoms with Gasteiger partial charge in [-0.2, -0.15) is 11.3 Å². The molecule has 1 aliphatic rings. The minimum Gasteiger partial charge on any atom is -0.381 e. The van der Waals surface area contributed by atoms with Gasteiger partial charge in [-0.15, -0.1) is 11.3 Å². The van der Waals surface area contributed by atoms with Crippen LogP contribution in [0, 0.1) is 0 Å². The summed E-state index contributed by atoms with van der Waals surface area (Å²) in [5.41, 5.74) is 1.33. The van der Waals surface area contributed by atoms with E-state index in [9.17, 15) is 4.79 Å². The molecule has 0 saturated carbocycles. The van der Waals surface area contributed by atoms with Crippen molar-refractivity contribution in [2.24, 2.45) is 0 Å². The third-order valence-corrected chi connectivity index (χ3v) is 5.73. The van der Waals surface area contributed by atoms with E-state index in [1.165, 1.54) is 5.56 Å². The highest BCUT2D eigenvalue weighted by atomic mass is 32.1. The first kappa shape index (κ1) is 15.5. The van der Waals surface area contributed by atoms with Gasteiger partial charge < -0.3 is 15.4 Å². The molecule has 2 N–H and O–H groups in total. The van der Waals surface area contributed by atoms with Crippen molar-refractivity contribution in [3.63, 3.8) is 0 Å². The van der Waals surface area contributed by atoms with E-state index in [1.54, 1.807) is 22.7 Å². The molecule has 1 aliphatic heterocycles. The standard InChI is InChI=1S/C16H20N2O2S2/c19-15(17-10-14-2-1-8-22-14)18-12-16(4-6-20-7-5-16)13-3-9-21-11-13/h1-3,8-9,11H,4-7,10,12H2,(H2,17,18,19). The lowest BCUT2D eigenvalue weighted by Crippen LogP contribution is -2.47. The number of nitrogens with one attached hydrogen (secondary N) is 2. The maximum absolute atomic E-state index is 12.0. The Morgan fingerprint density at radius 3 is 2.77 bits per heavy atom. The molecule has 0 atom stereocenters. The summed E-state index contributed by atoms with van der Waals surface area (Å²) < 4.78 is 5.50. The summed E-state index contributed by atoms with van der Waals surface area (Å²) in [4.78, 5) is 13.2. The third-order valence-electron chi connectivity index (χ3n) is 4.17. The number of rotatable bonds is 5. The Balaban J connectivity index is 1.56. The average molecular weight is 336 g/mol. The van der Waals surface area contributed by atoms with E-state index in [4.69, 9.17) is 4.74 Å². The first-order chi connectivity index (χ1) is 10.8. The Morgan fingerprint density at radius 1 is 1.23 bits per heavy atom. The van der Waals surface area contributed by atoms with Crippen LogP contribution in [0.5, 0.6) is 0 Å². The van der Waals surface area contributed by atoms with Gasteiger partial charge in [-0.25, -0.2) is 4.79 Å². The first-order valence-electron chi connectivity index (χ1n) is 7.43. The predicted octanol–water partition coefficient (Wildman–Crippen LogP) is 3.36. The van der Waals surface area contributed by atoms with Crippen LogP contribution in [0.1, 0.15) is 23.3 Å². The molecule has 2 aromatic heterocycles. The van der Waals surface area contributed by atoms with Crippen LogP contribution in [-0.4, -0.2) is 25.8 Å². The van der Waals surface area contributed by atoms with Crippen molar-refractivity contribution in [2.45, 2.75) is 24.8 Å². The molecule has 2 aromatic rings. The van der Waals surface area contributed by atoms with E-state index in [1.807, 2.05) is 17.5 Å². The summed E-state index contributed by atoms with van der Waals surface area (Å²) in [5, 5.41) is 12.3. The number of hydrogen-bond donors (Lipinski definition) is 2. The zero-order valence-corrected chi connectivity index (χ0v) is 14.0. The summed E-state index contributed by atoms with van der Waals surface area (Å²) in [6.45, 7) is 2.75. The van der Waals surface area contributed by atoms with Gasteiger partial charge in [-0.1, -0.05) is 6.07 Å². The van der Waals surface area contributed by atoms with Crippen LogP contribution in [0.2, 0.25) is 0 Å². The highest BCUT2D eigenvalue weighted by molar-refractivity contribution is 7.09. The fraction of sp³-hybridized carbons (Fsp3) is 0.438. The minimum absolute atomic E-state index is 0.0124. The van der Waals surface area contributed by atoms with Crippen molar-refractivity contribution in [2.75, 3.05) is 19.8 Å². The molecular weight excluding hydrogens is 316 g/mol. The van der Waals surface area contributed by atoms with Crippen molar-refractivity contribution in [3.05, 3.63) is 44.8 Å². The van der Waals surface area contributed by atoms with Gasteiger partial charge in [0.2, 0.25) is 0 Å². The largest absolute Gasteiger partial charge is 0.381 e. The van der Waals surface area contributed by atoms with E-state index < -0.39 is 0 Å². The molecule has 4 nitrogen and oxygen atoms in total. The SMILES string of the molecule is O=C(NCc1cccs1)NCC1(c2ccsc2)CCOCC1. The molecule has 22 heavy (non-hydrogen) atoms. The molecule has 1 saturated heterocycles. The number of thiophene rings is 2. The molecule has 0 aliphatic carbocycles. The van der Waals surface area contributed by atoms with Crippen LogP contribution in [0.4, 0.5) is 4.79 Å². The first-order valence-corrected chi connectivity index (χ1v) is 9.25. The Kier molecular flexibility index (Phi) is 5.12. The van der Waals surface area contributed by atoms with Crippen molar-refractivity contribution < 1.29 is 9.53 Å². The van der Waals surface area contributed by atoms with Crippen molar-refractivity contribution in [3.8, 4) is 0 Å². The Labute approximate surface area is 138 Å². The normalized spacial score (nSPS) is 17.1. The molecule has 2 amide bonds. The van der Waals surface area contributed by atoms with Gasteiger partial charge in [0.25, 0.3) is 0 Å². The van der Waals surface area contributed by atoms with E-state index in [0.29, 0.717) is 13.1 Å². The van der Waals surface area contributed by atoms with Gasteiger partial charge >= 0.3 is 6.03 Å². The van der Waals surface area contributed by atoms with Crippen molar-refractivity contribution in [1.82, 2.24) is 10.6 Å². The number of amides is 2. The smallest absolute Gasteiger partial charge is 0.315 e. The highest BCUT2D eigenvalue weighted by Gasteiger charge is 2.35. The molecule has 3 rings (SSSR count). The van der Waals surface area contributed by atoms with Gasteiger partial charge in [-0.3, -0.25) is 0 Å². The van der Waals surface area contributed by atoms with Crippen molar-refractivity contribution >= 4 is 28.7 Å². The maximum atomic E-state index is 12.0. The second kappa shape index (κ2) is 7.26. The topological polar surface area (TPSA) is 50.4 Å². The van der Waals surface area contributed by atoms with Gasteiger partial charge in [-0.05, 0) is 46.7 Å². The van der Waals surface area contributed by atoms with Gasteiger partial charge in [0.05, 0.1) is 6.54 Å². The van der Waals surface area contributed by atoms with Crippen LogP contribution >= 0.6 is 22.7 Å². The van der Waals surface area contributed by atoms with Gasteiger partial charge in [0.15, 0.2) is 0 Å². The van der Waals surface area contributed by atoms with Crippen LogP contribution in [-0.2, 0) is 16.7 Å². The maximum Gasteiger partial charge on any atom is 0.315 e. The molecule has 6 heteroatoms. The lowest BCUT2D eigenvalue weighted by molar-refractivity contribution is 0.0508. The number of ether oxygens (including phenoxy) is 1. The van der Waals surface area contributed by atoms with Crippen LogP contribution < -0.4 is 10.6 Å². The molecule has 0 bridgehead atoms. The fourth-order valence-corrected chi connectivity index (χ4v) is 4.21. The fourth-order valence-electron chi connectivity index (χ4n) is 2.79. The summed E-state index contributed by atoms with van der Waals surface area (Å²) in [5.74, 6) is 0. The van der Waals surface area contributed by atoms with E-state index in [-0.39, 0.29) is 11.4 Å².